The number of ketones is 1. The summed E-state index contributed by atoms with van der Waals surface area (Å²) in [5.74, 6) is 0.207. The number of halogens is 1. The molecule has 0 spiro atoms. The summed E-state index contributed by atoms with van der Waals surface area (Å²) in [5, 5.41) is 0. The van der Waals surface area contributed by atoms with Crippen molar-refractivity contribution in [2.75, 3.05) is 33.7 Å². The van der Waals surface area contributed by atoms with E-state index >= 15 is 0 Å². The van der Waals surface area contributed by atoms with E-state index in [9.17, 15) is 4.79 Å². The van der Waals surface area contributed by atoms with Gasteiger partial charge in [-0.3, -0.25) is 9.69 Å². The third kappa shape index (κ3) is 4.80. The zero-order valence-corrected chi connectivity index (χ0v) is 13.8. The smallest absolute Gasteiger partial charge is 0.186 e. The Kier molecular flexibility index (Phi) is 6.49. The van der Waals surface area contributed by atoms with Gasteiger partial charge >= 0.3 is 0 Å². The molecule has 1 aromatic heterocycles. The fraction of sp³-hybridized carbons (Fsp3) is 0.615. The van der Waals surface area contributed by atoms with Crippen molar-refractivity contribution in [3.63, 3.8) is 0 Å². The molecule has 0 aliphatic rings. The molecule has 102 valence electrons. The molecule has 1 aromatic rings. The number of Topliss-reactive ketones (excluding diaryl/α,β-unsaturated/α-hetero) is 1. The number of thiophene rings is 1. The van der Waals surface area contributed by atoms with E-state index in [1.165, 1.54) is 11.3 Å². The Labute approximate surface area is 122 Å². The third-order valence-corrected chi connectivity index (χ3v) is 4.52. The number of likely N-dealkylation sites (N-methyl/N-ethyl adjacent to an activating group) is 2. The summed E-state index contributed by atoms with van der Waals surface area (Å²) >= 11 is 4.90. The number of nitrogens with zero attached hydrogens (tertiary/aromatic N) is 2. The normalized spacial score (nSPS) is 13.3. The fourth-order valence-corrected chi connectivity index (χ4v) is 3.27. The standard InChI is InChI=1S/C13H21BrN2OS/c1-5-16(10(2)8-15(3)4)9-11(17)12-6-7-13(14)18-12/h6-7,10H,5,8-9H2,1-4H3. The van der Waals surface area contributed by atoms with Crippen molar-refractivity contribution in [1.29, 1.82) is 0 Å². The van der Waals surface area contributed by atoms with Gasteiger partial charge in [0.15, 0.2) is 5.78 Å². The first-order chi connectivity index (χ1) is 8.43. The predicted octanol–water partition coefficient (Wildman–Crippen LogP) is 2.97. The second kappa shape index (κ2) is 7.38. The van der Waals surface area contributed by atoms with E-state index in [1.807, 2.05) is 12.1 Å². The van der Waals surface area contributed by atoms with Crippen LogP contribution in [0.2, 0.25) is 0 Å². The highest BCUT2D eigenvalue weighted by atomic mass is 79.9. The summed E-state index contributed by atoms with van der Waals surface area (Å²) in [6.07, 6.45) is 0. The van der Waals surface area contributed by atoms with Crippen molar-refractivity contribution in [2.45, 2.75) is 19.9 Å². The van der Waals surface area contributed by atoms with Crippen LogP contribution in [0.1, 0.15) is 23.5 Å². The Morgan fingerprint density at radius 3 is 2.56 bits per heavy atom. The van der Waals surface area contributed by atoms with Gasteiger partial charge in [0.1, 0.15) is 0 Å². The molecular formula is C13H21BrN2OS. The molecule has 5 heteroatoms. The molecule has 0 saturated carbocycles. The minimum Gasteiger partial charge on any atom is -0.308 e. The summed E-state index contributed by atoms with van der Waals surface area (Å²) in [4.78, 5) is 17.4. The van der Waals surface area contributed by atoms with Crippen LogP contribution in [0.4, 0.5) is 0 Å². The molecule has 0 amide bonds. The Bertz CT molecular complexity index is 392. The average molecular weight is 333 g/mol. The quantitative estimate of drug-likeness (QED) is 0.717. The predicted molar refractivity (Wildman–Crippen MR) is 81.6 cm³/mol. The van der Waals surface area contributed by atoms with Gasteiger partial charge in [-0.1, -0.05) is 6.92 Å². The average Bonchev–Trinajstić information content (AvgIpc) is 2.71. The lowest BCUT2D eigenvalue weighted by atomic mass is 10.2. The van der Waals surface area contributed by atoms with Crippen molar-refractivity contribution in [2.24, 2.45) is 0 Å². The number of hydrogen-bond donors (Lipinski definition) is 0. The van der Waals surface area contributed by atoms with Gasteiger partial charge in [0.2, 0.25) is 0 Å². The van der Waals surface area contributed by atoms with E-state index in [0.29, 0.717) is 12.6 Å². The maximum absolute atomic E-state index is 12.2. The van der Waals surface area contributed by atoms with Crippen LogP contribution < -0.4 is 0 Å². The molecule has 0 aliphatic carbocycles. The molecule has 0 bridgehead atoms. The van der Waals surface area contributed by atoms with Crippen molar-refractivity contribution in [1.82, 2.24) is 9.80 Å². The minimum absolute atomic E-state index is 0.207. The Morgan fingerprint density at radius 1 is 1.44 bits per heavy atom. The molecule has 18 heavy (non-hydrogen) atoms. The van der Waals surface area contributed by atoms with E-state index in [4.69, 9.17) is 0 Å². The van der Waals surface area contributed by atoms with Gasteiger partial charge in [-0.25, -0.2) is 0 Å². The molecule has 1 atom stereocenters. The Morgan fingerprint density at radius 2 is 2.11 bits per heavy atom. The lowest BCUT2D eigenvalue weighted by molar-refractivity contribution is 0.0892. The van der Waals surface area contributed by atoms with Crippen LogP contribution in [-0.2, 0) is 0 Å². The van der Waals surface area contributed by atoms with E-state index in [0.717, 1.165) is 21.8 Å². The molecule has 0 saturated heterocycles. The second-order valence-corrected chi connectivity index (χ2v) is 7.16. The van der Waals surface area contributed by atoms with Crippen LogP contribution in [0, 0.1) is 0 Å². The summed E-state index contributed by atoms with van der Waals surface area (Å²) < 4.78 is 1.01. The molecule has 0 fully saturated rings. The van der Waals surface area contributed by atoms with Crippen molar-refractivity contribution in [3.8, 4) is 0 Å². The third-order valence-electron chi connectivity index (χ3n) is 2.85. The fourth-order valence-electron chi connectivity index (χ4n) is 1.95. The zero-order valence-electron chi connectivity index (χ0n) is 11.4. The zero-order chi connectivity index (χ0) is 13.7. The maximum atomic E-state index is 12.2. The summed E-state index contributed by atoms with van der Waals surface area (Å²) in [6, 6.07) is 4.20. The maximum Gasteiger partial charge on any atom is 0.186 e. The van der Waals surface area contributed by atoms with Gasteiger partial charge in [0.25, 0.3) is 0 Å². The lowest BCUT2D eigenvalue weighted by Crippen LogP contribution is -2.42. The van der Waals surface area contributed by atoms with E-state index in [2.05, 4.69) is 53.7 Å². The van der Waals surface area contributed by atoms with E-state index < -0.39 is 0 Å². The Balaban J connectivity index is 2.60. The molecule has 0 radical (unpaired) electrons. The second-order valence-electron chi connectivity index (χ2n) is 4.70. The molecule has 0 N–H and O–H groups in total. The number of hydrogen-bond acceptors (Lipinski definition) is 4. The van der Waals surface area contributed by atoms with Crippen LogP contribution in [0.15, 0.2) is 15.9 Å². The van der Waals surface area contributed by atoms with Gasteiger partial charge in [-0.05, 0) is 55.6 Å². The number of carbonyl (C=O) groups excluding carboxylic acids is 1. The monoisotopic (exact) mass is 332 g/mol. The van der Waals surface area contributed by atoms with Crippen molar-refractivity contribution < 1.29 is 4.79 Å². The number of carbonyl (C=O) groups is 1. The van der Waals surface area contributed by atoms with Gasteiger partial charge in [0, 0.05) is 12.6 Å². The van der Waals surface area contributed by atoms with Crippen LogP contribution in [0.3, 0.4) is 0 Å². The summed E-state index contributed by atoms with van der Waals surface area (Å²) in [7, 11) is 4.12. The molecule has 1 heterocycles. The minimum atomic E-state index is 0.207. The Hall–Kier alpha value is -0.230. The number of rotatable bonds is 7. The topological polar surface area (TPSA) is 23.6 Å². The van der Waals surface area contributed by atoms with Crippen LogP contribution >= 0.6 is 27.3 Å². The van der Waals surface area contributed by atoms with E-state index in [1.54, 1.807) is 0 Å². The molecule has 1 unspecified atom stereocenters. The highest BCUT2D eigenvalue weighted by Gasteiger charge is 2.18. The first-order valence-electron chi connectivity index (χ1n) is 6.11. The van der Waals surface area contributed by atoms with E-state index in [-0.39, 0.29) is 5.78 Å². The highest BCUT2D eigenvalue weighted by Crippen LogP contribution is 2.22. The molecule has 0 aromatic carbocycles. The molecule has 3 nitrogen and oxygen atoms in total. The highest BCUT2D eigenvalue weighted by molar-refractivity contribution is 9.11. The lowest BCUT2D eigenvalue weighted by Gasteiger charge is -2.29. The summed E-state index contributed by atoms with van der Waals surface area (Å²) in [6.45, 7) is 6.63. The van der Waals surface area contributed by atoms with Gasteiger partial charge in [-0.15, -0.1) is 11.3 Å². The molecule has 0 aliphatic heterocycles. The van der Waals surface area contributed by atoms with Crippen molar-refractivity contribution >= 4 is 33.0 Å². The van der Waals surface area contributed by atoms with Crippen molar-refractivity contribution in [3.05, 3.63) is 20.8 Å². The molecular weight excluding hydrogens is 312 g/mol. The first-order valence-corrected chi connectivity index (χ1v) is 7.72. The van der Waals surface area contributed by atoms with Gasteiger partial charge in [0.05, 0.1) is 15.2 Å². The largest absolute Gasteiger partial charge is 0.308 e. The van der Waals surface area contributed by atoms with Crippen LogP contribution in [0.5, 0.6) is 0 Å². The molecule has 1 rings (SSSR count). The SMILES string of the molecule is CCN(CC(=O)c1ccc(Br)s1)C(C)CN(C)C. The van der Waals surface area contributed by atoms with Gasteiger partial charge in [-0.2, -0.15) is 0 Å². The van der Waals surface area contributed by atoms with Crippen LogP contribution in [0.25, 0.3) is 0 Å². The van der Waals surface area contributed by atoms with Crippen LogP contribution in [-0.4, -0.2) is 55.4 Å². The van der Waals surface area contributed by atoms with Gasteiger partial charge < -0.3 is 4.90 Å². The summed E-state index contributed by atoms with van der Waals surface area (Å²) in [5.41, 5.74) is 0. The first kappa shape index (κ1) is 15.8.